The SMILES string of the molecule is O=C(Cc1ncc(-c2ccccn2)cn1)c1ccccc1. The summed E-state index contributed by atoms with van der Waals surface area (Å²) in [4.78, 5) is 24.8. The molecule has 0 N–H and O–H groups in total. The second-order valence-electron chi connectivity index (χ2n) is 4.57. The maximum absolute atomic E-state index is 12.1. The van der Waals surface area contributed by atoms with Gasteiger partial charge in [0.05, 0.1) is 12.1 Å². The Bertz CT molecular complexity index is 725. The lowest BCUT2D eigenvalue weighted by molar-refractivity contribution is 0.0991. The summed E-state index contributed by atoms with van der Waals surface area (Å²) < 4.78 is 0. The van der Waals surface area contributed by atoms with Gasteiger partial charge >= 0.3 is 0 Å². The molecule has 0 saturated carbocycles. The second kappa shape index (κ2) is 6.05. The van der Waals surface area contributed by atoms with Crippen molar-refractivity contribution in [1.29, 1.82) is 0 Å². The van der Waals surface area contributed by atoms with Crippen LogP contribution in [0.4, 0.5) is 0 Å². The number of carbonyl (C=O) groups excluding carboxylic acids is 1. The molecule has 2 aromatic heterocycles. The summed E-state index contributed by atoms with van der Waals surface area (Å²) in [5.74, 6) is 0.532. The highest BCUT2D eigenvalue weighted by Gasteiger charge is 2.09. The van der Waals surface area contributed by atoms with Crippen LogP contribution in [0.3, 0.4) is 0 Å². The van der Waals surface area contributed by atoms with E-state index < -0.39 is 0 Å². The average Bonchev–Trinajstić information content (AvgIpc) is 2.57. The smallest absolute Gasteiger partial charge is 0.170 e. The number of hydrogen-bond acceptors (Lipinski definition) is 4. The first-order chi connectivity index (χ1) is 10.3. The number of pyridine rings is 1. The van der Waals surface area contributed by atoms with Crippen LogP contribution in [-0.4, -0.2) is 20.7 Å². The molecule has 0 saturated heterocycles. The fourth-order valence-electron chi connectivity index (χ4n) is 1.98. The van der Waals surface area contributed by atoms with E-state index >= 15 is 0 Å². The molecule has 3 aromatic rings. The largest absolute Gasteiger partial charge is 0.294 e. The highest BCUT2D eigenvalue weighted by molar-refractivity contribution is 5.97. The van der Waals surface area contributed by atoms with Crippen LogP contribution in [0.5, 0.6) is 0 Å². The minimum Gasteiger partial charge on any atom is -0.294 e. The van der Waals surface area contributed by atoms with E-state index in [-0.39, 0.29) is 12.2 Å². The number of hydrogen-bond donors (Lipinski definition) is 0. The van der Waals surface area contributed by atoms with Crippen molar-refractivity contribution < 1.29 is 4.79 Å². The van der Waals surface area contributed by atoms with Crippen LogP contribution in [0.25, 0.3) is 11.3 Å². The van der Waals surface area contributed by atoms with Crippen molar-refractivity contribution in [3.63, 3.8) is 0 Å². The van der Waals surface area contributed by atoms with E-state index in [4.69, 9.17) is 0 Å². The first-order valence-corrected chi connectivity index (χ1v) is 6.63. The quantitative estimate of drug-likeness (QED) is 0.687. The third kappa shape index (κ3) is 3.17. The Labute approximate surface area is 122 Å². The van der Waals surface area contributed by atoms with Gasteiger partial charge in [0.25, 0.3) is 0 Å². The van der Waals surface area contributed by atoms with E-state index in [1.165, 1.54) is 0 Å². The molecule has 2 heterocycles. The third-order valence-electron chi connectivity index (χ3n) is 3.08. The van der Waals surface area contributed by atoms with E-state index in [9.17, 15) is 4.79 Å². The molecule has 4 nitrogen and oxygen atoms in total. The van der Waals surface area contributed by atoms with Gasteiger partial charge in [-0.1, -0.05) is 36.4 Å². The molecule has 0 aliphatic carbocycles. The van der Waals surface area contributed by atoms with Gasteiger partial charge in [-0.3, -0.25) is 9.78 Å². The van der Waals surface area contributed by atoms with Crippen molar-refractivity contribution in [1.82, 2.24) is 15.0 Å². The lowest BCUT2D eigenvalue weighted by Gasteiger charge is -2.02. The first-order valence-electron chi connectivity index (χ1n) is 6.63. The fourth-order valence-corrected chi connectivity index (χ4v) is 1.98. The number of rotatable bonds is 4. The summed E-state index contributed by atoms with van der Waals surface area (Å²) in [6, 6.07) is 14.8. The van der Waals surface area contributed by atoms with Crippen molar-refractivity contribution in [2.45, 2.75) is 6.42 Å². The van der Waals surface area contributed by atoms with Gasteiger partial charge in [0, 0.05) is 29.7 Å². The van der Waals surface area contributed by atoms with Gasteiger partial charge in [-0.15, -0.1) is 0 Å². The number of Topliss-reactive ketones (excluding diaryl/α,β-unsaturated/α-hetero) is 1. The van der Waals surface area contributed by atoms with E-state index in [1.807, 2.05) is 36.4 Å². The lowest BCUT2D eigenvalue weighted by Crippen LogP contribution is -2.06. The lowest BCUT2D eigenvalue weighted by atomic mass is 10.1. The zero-order chi connectivity index (χ0) is 14.5. The number of aromatic nitrogens is 3. The Balaban J connectivity index is 1.75. The maximum atomic E-state index is 12.1. The molecule has 0 amide bonds. The highest BCUT2D eigenvalue weighted by atomic mass is 16.1. The van der Waals surface area contributed by atoms with E-state index in [0.717, 1.165) is 11.3 Å². The zero-order valence-electron chi connectivity index (χ0n) is 11.3. The van der Waals surface area contributed by atoms with Crippen molar-refractivity contribution >= 4 is 5.78 Å². The topological polar surface area (TPSA) is 55.7 Å². The molecular weight excluding hydrogens is 262 g/mol. The van der Waals surface area contributed by atoms with Crippen molar-refractivity contribution in [3.8, 4) is 11.3 Å². The third-order valence-corrected chi connectivity index (χ3v) is 3.08. The van der Waals surface area contributed by atoms with Crippen LogP contribution < -0.4 is 0 Å². The molecule has 0 atom stereocenters. The Morgan fingerprint density at radius 1 is 0.857 bits per heavy atom. The van der Waals surface area contributed by atoms with E-state index in [0.29, 0.717) is 11.4 Å². The van der Waals surface area contributed by atoms with Gasteiger partial charge in [0.2, 0.25) is 0 Å². The molecule has 3 rings (SSSR count). The molecule has 21 heavy (non-hydrogen) atoms. The van der Waals surface area contributed by atoms with Gasteiger partial charge in [0.15, 0.2) is 5.78 Å². The molecule has 4 heteroatoms. The zero-order valence-corrected chi connectivity index (χ0v) is 11.3. The summed E-state index contributed by atoms with van der Waals surface area (Å²) in [7, 11) is 0. The highest BCUT2D eigenvalue weighted by Crippen LogP contribution is 2.14. The summed E-state index contributed by atoms with van der Waals surface area (Å²) >= 11 is 0. The van der Waals surface area contributed by atoms with Gasteiger partial charge < -0.3 is 0 Å². The second-order valence-corrected chi connectivity index (χ2v) is 4.57. The van der Waals surface area contributed by atoms with Gasteiger partial charge in [-0.2, -0.15) is 0 Å². The molecule has 0 aliphatic rings. The average molecular weight is 275 g/mol. The van der Waals surface area contributed by atoms with Gasteiger partial charge in [-0.05, 0) is 12.1 Å². The monoisotopic (exact) mass is 275 g/mol. The Hall–Kier alpha value is -2.88. The van der Waals surface area contributed by atoms with Crippen molar-refractivity contribution in [3.05, 3.63) is 78.5 Å². The van der Waals surface area contributed by atoms with Crippen LogP contribution in [-0.2, 0) is 6.42 Å². The van der Waals surface area contributed by atoms with Crippen LogP contribution >= 0.6 is 0 Å². The molecule has 0 radical (unpaired) electrons. The Morgan fingerprint density at radius 2 is 1.57 bits per heavy atom. The molecule has 102 valence electrons. The standard InChI is InChI=1S/C17H13N3O/c21-16(13-6-2-1-3-7-13)10-17-19-11-14(12-20-17)15-8-4-5-9-18-15/h1-9,11-12H,10H2. The summed E-state index contributed by atoms with van der Waals surface area (Å²) in [5.41, 5.74) is 2.33. The van der Waals surface area contributed by atoms with Crippen molar-refractivity contribution in [2.24, 2.45) is 0 Å². The number of benzene rings is 1. The Morgan fingerprint density at radius 3 is 2.24 bits per heavy atom. The molecule has 0 fully saturated rings. The molecule has 0 bridgehead atoms. The molecule has 0 aliphatic heterocycles. The predicted octanol–water partition coefficient (Wildman–Crippen LogP) is 2.96. The molecule has 1 aromatic carbocycles. The van der Waals surface area contributed by atoms with Crippen LogP contribution in [0.1, 0.15) is 16.2 Å². The van der Waals surface area contributed by atoms with Gasteiger partial charge in [0.1, 0.15) is 5.82 Å². The first kappa shape index (κ1) is 13.1. The van der Waals surface area contributed by atoms with Crippen LogP contribution in [0.15, 0.2) is 67.1 Å². The summed E-state index contributed by atoms with van der Waals surface area (Å²) in [6.45, 7) is 0. The van der Waals surface area contributed by atoms with Gasteiger partial charge in [-0.25, -0.2) is 9.97 Å². The molecular formula is C17H13N3O. The van der Waals surface area contributed by atoms with E-state index in [1.54, 1.807) is 30.7 Å². The minimum absolute atomic E-state index is 0.0150. The summed E-state index contributed by atoms with van der Waals surface area (Å²) in [5, 5.41) is 0. The van der Waals surface area contributed by atoms with Crippen LogP contribution in [0.2, 0.25) is 0 Å². The number of carbonyl (C=O) groups is 1. The number of ketones is 1. The maximum Gasteiger partial charge on any atom is 0.170 e. The van der Waals surface area contributed by atoms with Crippen molar-refractivity contribution in [2.75, 3.05) is 0 Å². The van der Waals surface area contributed by atoms with E-state index in [2.05, 4.69) is 15.0 Å². The molecule has 0 unspecified atom stereocenters. The number of nitrogens with zero attached hydrogens (tertiary/aromatic N) is 3. The van der Waals surface area contributed by atoms with Crippen LogP contribution in [0, 0.1) is 0 Å². The Kier molecular flexibility index (Phi) is 3.78. The fraction of sp³-hybridized carbons (Fsp3) is 0.0588. The minimum atomic E-state index is 0.0150. The summed E-state index contributed by atoms with van der Waals surface area (Å²) in [6.07, 6.45) is 5.32. The predicted molar refractivity (Wildman–Crippen MR) is 79.7 cm³/mol. The normalized spacial score (nSPS) is 10.3. The molecule has 0 spiro atoms.